The van der Waals surface area contributed by atoms with E-state index in [4.69, 9.17) is 4.74 Å². The van der Waals surface area contributed by atoms with Crippen LogP contribution in [0.15, 0.2) is 43.0 Å². The highest BCUT2D eigenvalue weighted by Crippen LogP contribution is 2.12. The summed E-state index contributed by atoms with van der Waals surface area (Å²) in [6.07, 6.45) is 2.42. The zero-order valence-corrected chi connectivity index (χ0v) is 12.0. The monoisotopic (exact) mass is 275 g/mol. The summed E-state index contributed by atoms with van der Waals surface area (Å²) < 4.78 is 4.75. The Morgan fingerprint density at radius 2 is 2.00 bits per heavy atom. The Kier molecular flexibility index (Phi) is 6.50. The molecule has 0 aromatic heterocycles. The van der Waals surface area contributed by atoms with E-state index in [1.165, 1.54) is 7.11 Å². The molecular formula is C16H21NO3. The van der Waals surface area contributed by atoms with Gasteiger partial charge in [-0.15, -0.1) is 6.58 Å². The number of nitrogens with one attached hydrogen (secondary N) is 1. The fourth-order valence-corrected chi connectivity index (χ4v) is 2.02. The van der Waals surface area contributed by atoms with Gasteiger partial charge in [0.25, 0.3) is 0 Å². The van der Waals surface area contributed by atoms with Crippen LogP contribution < -0.4 is 5.32 Å². The summed E-state index contributed by atoms with van der Waals surface area (Å²) in [6, 6.07) is 9.18. The van der Waals surface area contributed by atoms with Gasteiger partial charge >= 0.3 is 5.97 Å². The molecule has 1 amide bonds. The molecule has 1 N–H and O–H groups in total. The summed E-state index contributed by atoms with van der Waals surface area (Å²) >= 11 is 0. The molecule has 0 aliphatic carbocycles. The van der Waals surface area contributed by atoms with Crippen molar-refractivity contribution in [2.24, 2.45) is 5.92 Å². The Morgan fingerprint density at radius 1 is 1.35 bits per heavy atom. The van der Waals surface area contributed by atoms with Crippen molar-refractivity contribution in [1.82, 2.24) is 5.32 Å². The molecule has 1 rings (SSSR count). The van der Waals surface area contributed by atoms with Gasteiger partial charge in [0.15, 0.2) is 0 Å². The SMILES string of the molecule is C=CC[C@H](C(=O)OC)[C@H](C)NC(=O)Cc1ccccc1. The first-order valence-corrected chi connectivity index (χ1v) is 6.60. The van der Waals surface area contributed by atoms with Gasteiger partial charge in [-0.3, -0.25) is 9.59 Å². The minimum absolute atomic E-state index is 0.110. The molecule has 0 spiro atoms. The molecule has 0 heterocycles. The van der Waals surface area contributed by atoms with E-state index < -0.39 is 5.92 Å². The number of carbonyl (C=O) groups excluding carboxylic acids is 2. The van der Waals surface area contributed by atoms with Gasteiger partial charge in [-0.1, -0.05) is 36.4 Å². The maximum atomic E-state index is 12.0. The lowest BCUT2D eigenvalue weighted by Crippen LogP contribution is -2.42. The van der Waals surface area contributed by atoms with Crippen LogP contribution in [0.5, 0.6) is 0 Å². The first kappa shape index (κ1) is 16.0. The molecule has 2 atom stereocenters. The number of amides is 1. The maximum Gasteiger partial charge on any atom is 0.311 e. The highest BCUT2D eigenvalue weighted by Gasteiger charge is 2.25. The van der Waals surface area contributed by atoms with Crippen LogP contribution in [0, 0.1) is 5.92 Å². The summed E-state index contributed by atoms with van der Waals surface area (Å²) in [4.78, 5) is 23.6. The van der Waals surface area contributed by atoms with E-state index in [0.29, 0.717) is 12.8 Å². The lowest BCUT2D eigenvalue weighted by atomic mass is 9.97. The van der Waals surface area contributed by atoms with E-state index in [9.17, 15) is 9.59 Å². The third-order valence-electron chi connectivity index (χ3n) is 3.12. The first-order chi connectivity index (χ1) is 9.58. The lowest BCUT2D eigenvalue weighted by molar-refractivity contribution is -0.146. The number of hydrogen-bond donors (Lipinski definition) is 1. The molecule has 0 saturated carbocycles. The topological polar surface area (TPSA) is 55.4 Å². The minimum atomic E-state index is -0.405. The summed E-state index contributed by atoms with van der Waals surface area (Å²) in [6.45, 7) is 5.43. The highest BCUT2D eigenvalue weighted by atomic mass is 16.5. The van der Waals surface area contributed by atoms with Crippen LogP contribution in [0.2, 0.25) is 0 Å². The average Bonchev–Trinajstić information content (AvgIpc) is 2.44. The Balaban J connectivity index is 2.58. The van der Waals surface area contributed by atoms with E-state index in [-0.39, 0.29) is 17.9 Å². The van der Waals surface area contributed by atoms with Gasteiger partial charge in [-0.25, -0.2) is 0 Å². The highest BCUT2D eigenvalue weighted by molar-refractivity contribution is 5.80. The third kappa shape index (κ3) is 4.88. The molecule has 0 fully saturated rings. The number of rotatable bonds is 7. The van der Waals surface area contributed by atoms with Crippen LogP contribution in [0.4, 0.5) is 0 Å². The molecule has 4 heteroatoms. The molecule has 108 valence electrons. The molecule has 0 aliphatic rings. The molecule has 0 aliphatic heterocycles. The average molecular weight is 275 g/mol. The van der Waals surface area contributed by atoms with Gasteiger partial charge < -0.3 is 10.1 Å². The summed E-state index contributed by atoms with van der Waals surface area (Å²) in [5, 5.41) is 2.84. The van der Waals surface area contributed by atoms with Crippen LogP contribution in [-0.4, -0.2) is 25.0 Å². The second-order valence-corrected chi connectivity index (χ2v) is 4.67. The summed E-state index contributed by atoms with van der Waals surface area (Å²) in [5.74, 6) is -0.851. The van der Waals surface area contributed by atoms with Crippen LogP contribution in [0.3, 0.4) is 0 Å². The van der Waals surface area contributed by atoms with Crippen LogP contribution >= 0.6 is 0 Å². The minimum Gasteiger partial charge on any atom is -0.469 e. The van der Waals surface area contributed by atoms with Crippen LogP contribution in [0.1, 0.15) is 18.9 Å². The molecule has 20 heavy (non-hydrogen) atoms. The quantitative estimate of drug-likeness (QED) is 0.612. The zero-order valence-electron chi connectivity index (χ0n) is 12.0. The van der Waals surface area contributed by atoms with Gasteiger partial charge in [0.05, 0.1) is 19.4 Å². The van der Waals surface area contributed by atoms with E-state index in [2.05, 4.69) is 11.9 Å². The van der Waals surface area contributed by atoms with E-state index in [1.54, 1.807) is 13.0 Å². The third-order valence-corrected chi connectivity index (χ3v) is 3.12. The van der Waals surface area contributed by atoms with Gasteiger partial charge in [-0.05, 0) is 18.9 Å². The largest absolute Gasteiger partial charge is 0.469 e. The van der Waals surface area contributed by atoms with Crippen molar-refractivity contribution in [2.75, 3.05) is 7.11 Å². The van der Waals surface area contributed by atoms with Crippen molar-refractivity contribution in [3.05, 3.63) is 48.6 Å². The molecule has 0 unspecified atom stereocenters. The summed E-state index contributed by atoms with van der Waals surface area (Å²) in [5.41, 5.74) is 0.940. The number of benzene rings is 1. The van der Waals surface area contributed by atoms with Crippen molar-refractivity contribution in [3.63, 3.8) is 0 Å². The molecule has 0 bridgehead atoms. The number of carbonyl (C=O) groups is 2. The molecule has 1 aromatic rings. The van der Waals surface area contributed by atoms with Crippen molar-refractivity contribution >= 4 is 11.9 Å². The fourth-order valence-electron chi connectivity index (χ4n) is 2.02. The Hall–Kier alpha value is -2.10. The number of esters is 1. The lowest BCUT2D eigenvalue weighted by Gasteiger charge is -2.21. The van der Waals surface area contributed by atoms with Crippen LogP contribution in [0.25, 0.3) is 0 Å². The van der Waals surface area contributed by atoms with E-state index in [0.717, 1.165) is 5.56 Å². The second kappa shape index (κ2) is 8.15. The predicted octanol–water partition coefficient (Wildman–Crippen LogP) is 2.10. The Morgan fingerprint density at radius 3 is 2.55 bits per heavy atom. The molecule has 4 nitrogen and oxygen atoms in total. The molecule has 0 radical (unpaired) electrons. The fraction of sp³-hybridized carbons (Fsp3) is 0.375. The van der Waals surface area contributed by atoms with Crippen molar-refractivity contribution < 1.29 is 14.3 Å². The number of methoxy groups -OCH3 is 1. The van der Waals surface area contributed by atoms with Crippen molar-refractivity contribution in [3.8, 4) is 0 Å². The zero-order chi connectivity index (χ0) is 15.0. The second-order valence-electron chi connectivity index (χ2n) is 4.67. The van der Waals surface area contributed by atoms with Crippen molar-refractivity contribution in [1.29, 1.82) is 0 Å². The molecular weight excluding hydrogens is 254 g/mol. The van der Waals surface area contributed by atoms with Crippen molar-refractivity contribution in [2.45, 2.75) is 25.8 Å². The van der Waals surface area contributed by atoms with Gasteiger partial charge in [0, 0.05) is 6.04 Å². The van der Waals surface area contributed by atoms with E-state index >= 15 is 0 Å². The number of allylic oxidation sites excluding steroid dienone is 1. The first-order valence-electron chi connectivity index (χ1n) is 6.60. The Bertz CT molecular complexity index is 456. The number of ether oxygens (including phenoxy) is 1. The van der Waals surface area contributed by atoms with Crippen LogP contribution in [-0.2, 0) is 20.7 Å². The van der Waals surface area contributed by atoms with Gasteiger partial charge in [0.1, 0.15) is 0 Å². The summed E-state index contributed by atoms with van der Waals surface area (Å²) in [7, 11) is 1.34. The van der Waals surface area contributed by atoms with Gasteiger partial charge in [0.2, 0.25) is 5.91 Å². The molecule has 0 saturated heterocycles. The molecule has 1 aromatic carbocycles. The standard InChI is InChI=1S/C16H21NO3/c1-4-8-14(16(19)20-3)12(2)17-15(18)11-13-9-6-5-7-10-13/h4-7,9-10,12,14H,1,8,11H2,2-3H3,(H,17,18)/t12-,14-/m0/s1. The maximum absolute atomic E-state index is 12.0. The number of hydrogen-bond acceptors (Lipinski definition) is 3. The Labute approximate surface area is 119 Å². The predicted molar refractivity (Wildman–Crippen MR) is 78.1 cm³/mol. The smallest absolute Gasteiger partial charge is 0.311 e. The van der Waals surface area contributed by atoms with Gasteiger partial charge in [-0.2, -0.15) is 0 Å². The van der Waals surface area contributed by atoms with E-state index in [1.807, 2.05) is 30.3 Å². The normalized spacial score (nSPS) is 13.1.